The van der Waals surface area contributed by atoms with Crippen LogP contribution in [0.3, 0.4) is 0 Å². The maximum Gasteiger partial charge on any atom is 0.236 e. The predicted octanol–water partition coefficient (Wildman–Crippen LogP) is 0.541. The van der Waals surface area contributed by atoms with Crippen molar-refractivity contribution < 1.29 is 19.8 Å². The highest BCUT2D eigenvalue weighted by atomic mass is 16.3. The molecule has 0 bridgehead atoms. The molecule has 5 nitrogen and oxygen atoms in total. The first kappa shape index (κ1) is 15.1. The molecule has 1 aliphatic rings. The van der Waals surface area contributed by atoms with Crippen LogP contribution in [0.15, 0.2) is 0 Å². The molecule has 1 fully saturated rings. The molecule has 0 saturated carbocycles. The predicted molar refractivity (Wildman–Crippen MR) is 66.6 cm³/mol. The van der Waals surface area contributed by atoms with Crippen molar-refractivity contribution in [1.29, 1.82) is 0 Å². The third-order valence-corrected chi connectivity index (χ3v) is 4.45. The van der Waals surface area contributed by atoms with Gasteiger partial charge in [-0.3, -0.25) is 14.5 Å². The fourth-order valence-corrected chi connectivity index (χ4v) is 2.34. The number of hydrogen-bond acceptors (Lipinski definition) is 4. The van der Waals surface area contributed by atoms with E-state index < -0.39 is 24.2 Å². The number of imide groups is 1. The van der Waals surface area contributed by atoms with Crippen LogP contribution in [-0.4, -0.2) is 45.7 Å². The zero-order chi connectivity index (χ0) is 14.1. The van der Waals surface area contributed by atoms with Gasteiger partial charge in [0.2, 0.25) is 11.8 Å². The molecule has 1 atom stereocenters. The van der Waals surface area contributed by atoms with E-state index in [0.717, 1.165) is 4.90 Å². The zero-order valence-corrected chi connectivity index (χ0v) is 11.6. The second-order valence-corrected chi connectivity index (χ2v) is 5.68. The normalized spacial score (nSPS) is 25.4. The van der Waals surface area contributed by atoms with E-state index in [2.05, 4.69) is 0 Å². The monoisotopic (exact) mass is 257 g/mol. The first-order valence-electron chi connectivity index (χ1n) is 6.38. The summed E-state index contributed by atoms with van der Waals surface area (Å²) in [5.41, 5.74) is -1.90. The maximum atomic E-state index is 12.5. The lowest BCUT2D eigenvalue weighted by Gasteiger charge is -2.38. The van der Waals surface area contributed by atoms with E-state index in [9.17, 15) is 19.8 Å². The van der Waals surface area contributed by atoms with Crippen molar-refractivity contribution in [1.82, 2.24) is 4.90 Å². The molecule has 0 spiro atoms. The number of carbonyl (C=O) groups excluding carboxylic acids is 2. The van der Waals surface area contributed by atoms with E-state index in [1.807, 2.05) is 13.8 Å². The lowest BCUT2D eigenvalue weighted by atomic mass is 9.77. The van der Waals surface area contributed by atoms with Crippen molar-refractivity contribution in [3.8, 4) is 0 Å². The molecule has 1 saturated heterocycles. The SMILES string of the molecule is CCC(CO)(CO)N1C(=O)CC(C)(C(C)C)C1=O. The van der Waals surface area contributed by atoms with Crippen LogP contribution in [0.2, 0.25) is 0 Å². The highest BCUT2D eigenvalue weighted by Gasteiger charge is 2.56. The van der Waals surface area contributed by atoms with E-state index in [4.69, 9.17) is 0 Å². The smallest absolute Gasteiger partial charge is 0.236 e. The Kier molecular flexibility index (Phi) is 4.18. The molecule has 18 heavy (non-hydrogen) atoms. The van der Waals surface area contributed by atoms with Gasteiger partial charge < -0.3 is 10.2 Å². The molecule has 0 aromatic rings. The molecule has 1 unspecified atom stereocenters. The van der Waals surface area contributed by atoms with Crippen molar-refractivity contribution in [3.63, 3.8) is 0 Å². The van der Waals surface area contributed by atoms with E-state index in [1.165, 1.54) is 0 Å². The first-order chi connectivity index (χ1) is 8.29. The minimum absolute atomic E-state index is 0.0332. The molecular weight excluding hydrogens is 234 g/mol. The van der Waals surface area contributed by atoms with Gasteiger partial charge in [-0.05, 0) is 19.3 Å². The number of hydrogen-bond donors (Lipinski definition) is 2. The third-order valence-electron chi connectivity index (χ3n) is 4.45. The molecule has 1 aliphatic heterocycles. The number of likely N-dealkylation sites (tertiary alicyclic amines) is 1. The summed E-state index contributed by atoms with van der Waals surface area (Å²) in [5.74, 6) is -0.556. The molecule has 2 N–H and O–H groups in total. The van der Waals surface area contributed by atoms with Crippen LogP contribution in [0, 0.1) is 11.3 Å². The van der Waals surface area contributed by atoms with Gasteiger partial charge in [-0.2, -0.15) is 0 Å². The van der Waals surface area contributed by atoms with Gasteiger partial charge in [-0.15, -0.1) is 0 Å². The maximum absolute atomic E-state index is 12.5. The standard InChI is InChI=1S/C13H23NO4/c1-5-13(7-15,8-16)14-10(17)6-12(4,9(2)3)11(14)18/h9,15-16H,5-8H2,1-4H3. The molecular formula is C13H23NO4. The van der Waals surface area contributed by atoms with Crippen LogP contribution in [0.25, 0.3) is 0 Å². The van der Waals surface area contributed by atoms with E-state index in [0.29, 0.717) is 6.42 Å². The Labute approximate surface area is 108 Å². The van der Waals surface area contributed by atoms with Crippen LogP contribution >= 0.6 is 0 Å². The molecule has 5 heteroatoms. The Morgan fingerprint density at radius 1 is 1.33 bits per heavy atom. The average Bonchev–Trinajstić information content (AvgIpc) is 2.57. The second kappa shape index (κ2) is 4.97. The Bertz CT molecular complexity index is 341. The van der Waals surface area contributed by atoms with Crippen LogP contribution in [0.4, 0.5) is 0 Å². The zero-order valence-electron chi connectivity index (χ0n) is 11.6. The molecule has 0 aromatic carbocycles. The Balaban J connectivity index is 3.19. The Hall–Kier alpha value is -0.940. The number of aliphatic hydroxyl groups is 2. The van der Waals surface area contributed by atoms with Gasteiger partial charge in [-0.25, -0.2) is 0 Å². The number of amides is 2. The van der Waals surface area contributed by atoms with Gasteiger partial charge >= 0.3 is 0 Å². The van der Waals surface area contributed by atoms with Gasteiger partial charge in [0.25, 0.3) is 0 Å². The molecule has 1 heterocycles. The van der Waals surface area contributed by atoms with Gasteiger partial charge in [0.15, 0.2) is 0 Å². The summed E-state index contributed by atoms with van der Waals surface area (Å²) < 4.78 is 0. The van der Waals surface area contributed by atoms with Crippen molar-refractivity contribution in [2.45, 2.75) is 46.1 Å². The number of rotatable bonds is 5. The largest absolute Gasteiger partial charge is 0.394 e. The van der Waals surface area contributed by atoms with Gasteiger partial charge in [-0.1, -0.05) is 20.8 Å². The number of carbonyl (C=O) groups is 2. The highest BCUT2D eigenvalue weighted by molar-refractivity contribution is 6.06. The van der Waals surface area contributed by atoms with Gasteiger partial charge in [0.1, 0.15) is 0 Å². The number of nitrogens with zero attached hydrogens (tertiary/aromatic N) is 1. The van der Waals surface area contributed by atoms with Crippen molar-refractivity contribution in [2.24, 2.45) is 11.3 Å². The van der Waals surface area contributed by atoms with Crippen LogP contribution in [0.1, 0.15) is 40.5 Å². The molecule has 0 aromatic heterocycles. The molecule has 104 valence electrons. The highest BCUT2D eigenvalue weighted by Crippen LogP contribution is 2.42. The van der Waals surface area contributed by atoms with Gasteiger partial charge in [0.05, 0.1) is 24.2 Å². The fraction of sp³-hybridized carbons (Fsp3) is 0.846. The summed E-state index contributed by atoms with van der Waals surface area (Å²) in [5, 5.41) is 19.0. The van der Waals surface area contributed by atoms with E-state index >= 15 is 0 Å². The molecule has 0 radical (unpaired) electrons. The lowest BCUT2D eigenvalue weighted by molar-refractivity contribution is -0.154. The summed E-state index contributed by atoms with van der Waals surface area (Å²) >= 11 is 0. The van der Waals surface area contributed by atoms with Crippen molar-refractivity contribution in [3.05, 3.63) is 0 Å². The minimum atomic E-state index is -1.17. The van der Waals surface area contributed by atoms with E-state index in [1.54, 1.807) is 13.8 Å². The first-order valence-corrected chi connectivity index (χ1v) is 6.38. The van der Waals surface area contributed by atoms with Crippen molar-refractivity contribution in [2.75, 3.05) is 13.2 Å². The van der Waals surface area contributed by atoms with Gasteiger partial charge in [0, 0.05) is 6.42 Å². The minimum Gasteiger partial charge on any atom is -0.394 e. The summed E-state index contributed by atoms with van der Waals surface area (Å²) in [6.07, 6.45) is 0.483. The molecule has 0 aliphatic carbocycles. The molecule has 1 rings (SSSR count). The number of aliphatic hydroxyl groups excluding tert-OH is 2. The summed E-state index contributed by atoms with van der Waals surface area (Å²) in [6.45, 7) is 6.50. The summed E-state index contributed by atoms with van der Waals surface area (Å²) in [4.78, 5) is 25.7. The average molecular weight is 257 g/mol. The summed E-state index contributed by atoms with van der Waals surface area (Å²) in [7, 11) is 0. The molecule has 2 amide bonds. The van der Waals surface area contributed by atoms with E-state index in [-0.39, 0.29) is 24.2 Å². The van der Waals surface area contributed by atoms with Crippen LogP contribution in [0.5, 0.6) is 0 Å². The fourth-order valence-electron chi connectivity index (χ4n) is 2.34. The topological polar surface area (TPSA) is 77.8 Å². The van der Waals surface area contributed by atoms with Crippen molar-refractivity contribution >= 4 is 11.8 Å². The summed E-state index contributed by atoms with van der Waals surface area (Å²) in [6, 6.07) is 0. The third kappa shape index (κ3) is 1.95. The van der Waals surface area contributed by atoms with Crippen LogP contribution < -0.4 is 0 Å². The Morgan fingerprint density at radius 2 is 1.83 bits per heavy atom. The second-order valence-electron chi connectivity index (χ2n) is 5.68. The Morgan fingerprint density at radius 3 is 2.11 bits per heavy atom. The lowest BCUT2D eigenvalue weighted by Crippen LogP contribution is -2.57. The van der Waals surface area contributed by atoms with Crippen LogP contribution in [-0.2, 0) is 9.59 Å². The quantitative estimate of drug-likeness (QED) is 0.705.